The second-order valence-corrected chi connectivity index (χ2v) is 5.57. The summed E-state index contributed by atoms with van der Waals surface area (Å²) in [5.74, 6) is -0.150. The zero-order valence-electron chi connectivity index (χ0n) is 11.1. The van der Waals surface area contributed by atoms with Crippen molar-refractivity contribution < 1.29 is 70.2 Å². The van der Waals surface area contributed by atoms with E-state index in [1.54, 1.807) is 4.90 Å². The number of rotatable bonds is 2. The van der Waals surface area contributed by atoms with Crippen LogP contribution in [0.25, 0.3) is 6.08 Å². The van der Waals surface area contributed by atoms with E-state index in [2.05, 4.69) is 14.1 Å². The molecule has 7 heteroatoms. The van der Waals surface area contributed by atoms with Gasteiger partial charge < -0.3 is 9.80 Å². The van der Waals surface area contributed by atoms with Crippen LogP contribution in [-0.4, -0.2) is 22.2 Å². The molecule has 1 saturated heterocycles. The normalized spacial score (nSPS) is 15.9. The van der Waals surface area contributed by atoms with E-state index in [9.17, 15) is 4.79 Å². The molecule has 1 aliphatic rings. The fourth-order valence-corrected chi connectivity index (χ4v) is 2.60. The van der Waals surface area contributed by atoms with Crippen molar-refractivity contribution in [1.82, 2.24) is 4.90 Å². The molecule has 0 bridgehead atoms. The molecule has 3 nitrogen and oxygen atoms in total. The van der Waals surface area contributed by atoms with E-state index in [1.807, 2.05) is 37.4 Å². The first-order valence-corrected chi connectivity index (χ1v) is 6.44. The fourth-order valence-electron chi connectivity index (χ4n) is 1.48. The zero-order chi connectivity index (χ0) is 13.3. The molecule has 0 unspecified atom stereocenters. The number of thioether (sulfide) groups is 1. The van der Waals surface area contributed by atoms with Gasteiger partial charge in [0.15, 0.2) is 0 Å². The van der Waals surface area contributed by atoms with Crippen molar-refractivity contribution in [1.29, 1.82) is 0 Å². The summed E-state index contributed by atoms with van der Waals surface area (Å²) in [6, 6.07) is 7.77. The monoisotopic (exact) mass is 454 g/mol. The molecule has 1 heterocycles. The van der Waals surface area contributed by atoms with Gasteiger partial charge in [-0.25, -0.2) is 7.05 Å². The van der Waals surface area contributed by atoms with Crippen LogP contribution in [0.3, 0.4) is 0 Å². The van der Waals surface area contributed by atoms with Gasteiger partial charge in [-0.05, 0) is 30.8 Å². The molecule has 0 aliphatic carbocycles. The molecule has 1 aromatic carbocycles. The van der Waals surface area contributed by atoms with Crippen LogP contribution >= 0.6 is 24.0 Å². The first-order chi connectivity index (χ1) is 8.49. The summed E-state index contributed by atoms with van der Waals surface area (Å²) in [6.07, 6.45) is 1.82. The van der Waals surface area contributed by atoms with Crippen molar-refractivity contribution in [2.75, 3.05) is 11.9 Å². The third-order valence-electron chi connectivity index (χ3n) is 2.51. The summed E-state index contributed by atoms with van der Waals surface area (Å²) in [7, 11) is 9.27. The molecule has 0 atom stereocenters. The van der Waals surface area contributed by atoms with Gasteiger partial charge in [0.1, 0.15) is 4.32 Å². The van der Waals surface area contributed by atoms with Gasteiger partial charge in [0.25, 0.3) is 0 Å². The van der Waals surface area contributed by atoms with E-state index in [-0.39, 0.29) is 71.3 Å². The molecule has 0 aromatic heterocycles. The van der Waals surface area contributed by atoms with Gasteiger partial charge in [-0.15, -0.1) is 0 Å². The SMILES string of the molecule is [CH2-]N1C(=O)/C(=C/c2ccc(N([CH2-])C)cc2)SC1=S.[Y].[Y]. The Balaban J connectivity index is 0.00000180. The average Bonchev–Trinajstić information content (AvgIpc) is 2.58. The van der Waals surface area contributed by atoms with Gasteiger partial charge in [-0.2, -0.15) is 0 Å². The van der Waals surface area contributed by atoms with Crippen molar-refractivity contribution in [3.05, 3.63) is 48.8 Å². The number of nitrogens with zero attached hydrogens (tertiary/aromatic N) is 2. The average molecular weight is 454 g/mol. The van der Waals surface area contributed by atoms with E-state index < -0.39 is 0 Å². The summed E-state index contributed by atoms with van der Waals surface area (Å²) < 4.78 is 0.486. The summed E-state index contributed by atoms with van der Waals surface area (Å²) in [5, 5.41) is 0. The van der Waals surface area contributed by atoms with Crippen molar-refractivity contribution in [3.63, 3.8) is 0 Å². The third kappa shape index (κ3) is 4.96. The van der Waals surface area contributed by atoms with E-state index in [4.69, 9.17) is 12.2 Å². The Kier molecular flexibility index (Phi) is 9.51. The Morgan fingerprint density at radius 2 is 1.85 bits per heavy atom. The Morgan fingerprint density at radius 1 is 1.30 bits per heavy atom. The van der Waals surface area contributed by atoms with Crippen LogP contribution < -0.4 is 4.90 Å². The van der Waals surface area contributed by atoms with Crippen LogP contribution in [0.4, 0.5) is 5.69 Å². The number of amides is 1. The molecule has 20 heavy (non-hydrogen) atoms. The molecule has 2 rings (SSSR count). The molecule has 0 spiro atoms. The minimum Gasteiger partial charge on any atom is -0.528 e. The largest absolute Gasteiger partial charge is 0.528 e. The Hall–Kier alpha value is 0.878. The van der Waals surface area contributed by atoms with Gasteiger partial charge in [0.05, 0.1) is 4.91 Å². The van der Waals surface area contributed by atoms with Crippen molar-refractivity contribution in [3.8, 4) is 0 Å². The summed E-state index contributed by atoms with van der Waals surface area (Å²) in [5.41, 5.74) is 1.96. The molecular formula is C13H12N2OS2Y2-2. The molecular weight excluding hydrogens is 442 g/mol. The van der Waals surface area contributed by atoms with Gasteiger partial charge in [0, 0.05) is 71.1 Å². The van der Waals surface area contributed by atoms with E-state index >= 15 is 0 Å². The number of thiocarbonyl (C=S) groups is 1. The van der Waals surface area contributed by atoms with Crippen LogP contribution in [0, 0.1) is 14.1 Å². The number of anilines is 1. The molecule has 1 aliphatic heterocycles. The maximum absolute atomic E-state index is 11.8. The van der Waals surface area contributed by atoms with Gasteiger partial charge in [0.2, 0.25) is 5.91 Å². The molecule has 2 radical (unpaired) electrons. The minimum absolute atomic E-state index is 0. The molecule has 100 valence electrons. The third-order valence-corrected chi connectivity index (χ3v) is 3.88. The van der Waals surface area contributed by atoms with Crippen molar-refractivity contribution >= 4 is 46.0 Å². The number of carbonyl (C=O) groups excluding carboxylic acids is 1. The van der Waals surface area contributed by atoms with Crippen LogP contribution in [0.15, 0.2) is 29.2 Å². The second kappa shape index (κ2) is 9.11. The Labute approximate surface area is 179 Å². The quantitative estimate of drug-likeness (QED) is 0.390. The second-order valence-electron chi connectivity index (χ2n) is 3.90. The summed E-state index contributed by atoms with van der Waals surface area (Å²) in [6.45, 7) is 0. The van der Waals surface area contributed by atoms with Gasteiger partial charge in [-0.1, -0.05) is 36.1 Å². The summed E-state index contributed by atoms with van der Waals surface area (Å²) >= 11 is 6.29. The molecule has 1 aromatic rings. The smallest absolute Gasteiger partial charge is 0.236 e. The molecule has 1 amide bonds. The number of hydrogen-bond acceptors (Lipinski definition) is 4. The van der Waals surface area contributed by atoms with Gasteiger partial charge >= 0.3 is 0 Å². The molecule has 1 fully saturated rings. The van der Waals surface area contributed by atoms with Crippen LogP contribution in [0.5, 0.6) is 0 Å². The van der Waals surface area contributed by atoms with E-state index in [0.29, 0.717) is 9.23 Å². The van der Waals surface area contributed by atoms with Crippen molar-refractivity contribution in [2.45, 2.75) is 0 Å². The summed E-state index contributed by atoms with van der Waals surface area (Å²) in [4.78, 5) is 15.4. The first-order valence-electron chi connectivity index (χ1n) is 5.22. The number of hydrogen-bond donors (Lipinski definition) is 0. The first kappa shape index (κ1) is 20.9. The van der Waals surface area contributed by atoms with E-state index in [0.717, 1.165) is 11.3 Å². The molecule has 0 saturated carbocycles. The predicted molar refractivity (Wildman–Crippen MR) is 80.6 cm³/mol. The maximum Gasteiger partial charge on any atom is 0.236 e. The number of carbonyl (C=O) groups is 1. The number of benzene rings is 1. The van der Waals surface area contributed by atoms with Crippen molar-refractivity contribution in [2.24, 2.45) is 0 Å². The maximum atomic E-state index is 11.8. The standard InChI is InChI=1S/C13H12N2OS2.2Y/c1-14(2)10-6-4-9(5-7-10)8-11-12(16)15(3)13(17)18-11;;/h4-8H,1,3H2,2H3;;/q-2;;/b11-8-;;. The Bertz CT molecular complexity index is 530. The van der Waals surface area contributed by atoms with Crippen LogP contribution in [-0.2, 0) is 70.2 Å². The zero-order valence-corrected chi connectivity index (χ0v) is 18.4. The Morgan fingerprint density at radius 3 is 2.25 bits per heavy atom. The van der Waals surface area contributed by atoms with Gasteiger partial charge in [-0.3, -0.25) is 11.8 Å². The minimum atomic E-state index is -0.150. The van der Waals surface area contributed by atoms with Crippen LogP contribution in [0.2, 0.25) is 0 Å². The predicted octanol–water partition coefficient (Wildman–Crippen LogP) is 2.90. The topological polar surface area (TPSA) is 23.6 Å². The van der Waals surface area contributed by atoms with Crippen LogP contribution in [0.1, 0.15) is 5.56 Å². The fraction of sp³-hybridized carbons (Fsp3) is 0.0769. The van der Waals surface area contributed by atoms with E-state index in [1.165, 1.54) is 16.7 Å². The molecule has 0 N–H and O–H groups in total.